The molecule has 5 heteroatoms. The molecule has 112 valence electrons. The molecule has 1 N–H and O–H groups in total. The van der Waals surface area contributed by atoms with Crippen LogP contribution in [-0.4, -0.2) is 17.2 Å². The van der Waals surface area contributed by atoms with Crippen LogP contribution >= 0.6 is 0 Å². The molecule has 1 fully saturated rings. The zero-order valence-corrected chi connectivity index (χ0v) is 11.5. The predicted octanol–water partition coefficient (Wildman–Crippen LogP) is 4.77. The monoisotopic (exact) mass is 294 g/mol. The lowest BCUT2D eigenvalue weighted by atomic mass is 9.84. The molecule has 2 aromatic rings. The Morgan fingerprint density at radius 3 is 2.67 bits per heavy atom. The van der Waals surface area contributed by atoms with Gasteiger partial charge in [0.1, 0.15) is 0 Å². The Morgan fingerprint density at radius 2 is 1.86 bits per heavy atom. The second-order valence-electron chi connectivity index (χ2n) is 5.60. The Morgan fingerprint density at radius 1 is 1.10 bits per heavy atom. The zero-order valence-electron chi connectivity index (χ0n) is 11.5. The van der Waals surface area contributed by atoms with E-state index in [9.17, 15) is 13.2 Å². The first-order valence-corrected chi connectivity index (χ1v) is 7.22. The predicted molar refractivity (Wildman–Crippen MR) is 77.2 cm³/mol. The highest BCUT2D eigenvalue weighted by Crippen LogP contribution is 2.39. The lowest BCUT2D eigenvalue weighted by Crippen LogP contribution is -2.41. The van der Waals surface area contributed by atoms with Crippen molar-refractivity contribution in [1.82, 2.24) is 4.98 Å². The van der Waals surface area contributed by atoms with Crippen LogP contribution in [0.4, 0.5) is 18.9 Å². The Kier molecular flexibility index (Phi) is 3.74. The van der Waals surface area contributed by atoms with E-state index in [2.05, 4.69) is 10.3 Å². The number of nitrogens with one attached hydrogen (secondary N) is 1. The molecule has 1 aromatic carbocycles. The summed E-state index contributed by atoms with van der Waals surface area (Å²) in [4.78, 5) is 4.29. The number of hydrogen-bond acceptors (Lipinski definition) is 2. The van der Waals surface area contributed by atoms with Gasteiger partial charge in [-0.05, 0) is 25.0 Å². The summed E-state index contributed by atoms with van der Waals surface area (Å²) < 4.78 is 39.3. The fraction of sp³-hybridized carbons (Fsp3) is 0.438. The number of alkyl halides is 3. The van der Waals surface area contributed by atoms with Crippen molar-refractivity contribution in [2.75, 3.05) is 5.32 Å². The van der Waals surface area contributed by atoms with Crippen LogP contribution in [0, 0.1) is 5.92 Å². The topological polar surface area (TPSA) is 24.9 Å². The summed E-state index contributed by atoms with van der Waals surface area (Å²) in [6.45, 7) is 0. The van der Waals surface area contributed by atoms with Crippen LogP contribution in [-0.2, 0) is 0 Å². The van der Waals surface area contributed by atoms with E-state index in [0.717, 1.165) is 17.3 Å². The first-order chi connectivity index (χ1) is 10.0. The van der Waals surface area contributed by atoms with Gasteiger partial charge in [-0.15, -0.1) is 0 Å². The highest BCUT2D eigenvalue weighted by Gasteiger charge is 2.45. The van der Waals surface area contributed by atoms with Gasteiger partial charge < -0.3 is 5.32 Å². The van der Waals surface area contributed by atoms with Gasteiger partial charge in [0.15, 0.2) is 0 Å². The van der Waals surface area contributed by atoms with Crippen molar-refractivity contribution < 1.29 is 13.2 Å². The molecule has 0 spiro atoms. The summed E-state index contributed by atoms with van der Waals surface area (Å²) in [5.74, 6) is -1.27. The Labute approximate surface area is 121 Å². The molecule has 0 radical (unpaired) electrons. The molecular formula is C16H17F3N2. The molecule has 0 bridgehead atoms. The summed E-state index contributed by atoms with van der Waals surface area (Å²) in [7, 11) is 0. The summed E-state index contributed by atoms with van der Waals surface area (Å²) in [5, 5.41) is 3.98. The lowest BCUT2D eigenvalue weighted by molar-refractivity contribution is -0.184. The van der Waals surface area contributed by atoms with Crippen LogP contribution in [0.5, 0.6) is 0 Å². The number of aromatic nitrogens is 1. The van der Waals surface area contributed by atoms with Gasteiger partial charge in [-0.2, -0.15) is 13.2 Å². The van der Waals surface area contributed by atoms with Crippen molar-refractivity contribution in [3.8, 4) is 0 Å². The highest BCUT2D eigenvalue weighted by molar-refractivity contribution is 5.81. The smallest absolute Gasteiger partial charge is 0.380 e. The summed E-state index contributed by atoms with van der Waals surface area (Å²) in [6, 6.07) is 8.90. The standard InChI is InChI=1S/C16H17F3N2/c17-16(18,19)13-6-2-4-8-15(13)21-12-9-11-5-1-3-7-14(11)20-10-12/h1,3,5,7,9-10,13,15,21H,2,4,6,8H2. The molecule has 0 saturated heterocycles. The van der Waals surface area contributed by atoms with E-state index in [1.165, 1.54) is 0 Å². The SMILES string of the molecule is FC(F)(F)C1CCCCC1Nc1cnc2ccccc2c1. The van der Waals surface area contributed by atoms with E-state index in [0.29, 0.717) is 18.5 Å². The summed E-state index contributed by atoms with van der Waals surface area (Å²) in [5.41, 5.74) is 1.51. The minimum atomic E-state index is -4.14. The molecule has 2 atom stereocenters. The van der Waals surface area contributed by atoms with Crippen LogP contribution in [0.2, 0.25) is 0 Å². The maximum absolute atomic E-state index is 13.1. The highest BCUT2D eigenvalue weighted by atomic mass is 19.4. The van der Waals surface area contributed by atoms with Gasteiger partial charge >= 0.3 is 6.18 Å². The molecule has 21 heavy (non-hydrogen) atoms. The Bertz CT molecular complexity index is 624. The minimum absolute atomic E-state index is 0.210. The number of nitrogens with zero attached hydrogens (tertiary/aromatic N) is 1. The van der Waals surface area contributed by atoms with E-state index in [1.807, 2.05) is 30.3 Å². The number of halogens is 3. The van der Waals surface area contributed by atoms with E-state index in [1.54, 1.807) is 6.20 Å². The number of para-hydroxylation sites is 1. The third kappa shape index (κ3) is 3.12. The minimum Gasteiger partial charge on any atom is -0.380 e. The molecule has 1 aliphatic carbocycles. The number of benzene rings is 1. The maximum Gasteiger partial charge on any atom is 0.393 e. The van der Waals surface area contributed by atoms with Gasteiger partial charge in [-0.1, -0.05) is 31.0 Å². The van der Waals surface area contributed by atoms with Gasteiger partial charge in [-0.3, -0.25) is 4.98 Å². The van der Waals surface area contributed by atoms with Crippen molar-refractivity contribution in [3.05, 3.63) is 36.5 Å². The number of pyridine rings is 1. The summed E-state index contributed by atoms with van der Waals surface area (Å²) >= 11 is 0. The molecule has 2 nitrogen and oxygen atoms in total. The van der Waals surface area contributed by atoms with Gasteiger partial charge in [0, 0.05) is 11.4 Å². The number of rotatable bonds is 2. The Hall–Kier alpha value is -1.78. The average Bonchev–Trinajstić information content (AvgIpc) is 2.46. The second kappa shape index (κ2) is 5.54. The van der Waals surface area contributed by atoms with Crippen LogP contribution in [0.3, 0.4) is 0 Å². The molecule has 1 aromatic heterocycles. The quantitative estimate of drug-likeness (QED) is 0.863. The third-order valence-corrected chi connectivity index (χ3v) is 4.13. The van der Waals surface area contributed by atoms with E-state index >= 15 is 0 Å². The van der Waals surface area contributed by atoms with Gasteiger partial charge in [-0.25, -0.2) is 0 Å². The van der Waals surface area contributed by atoms with Gasteiger partial charge in [0.25, 0.3) is 0 Å². The molecule has 3 rings (SSSR count). The van der Waals surface area contributed by atoms with Crippen molar-refractivity contribution in [2.45, 2.75) is 37.9 Å². The third-order valence-electron chi connectivity index (χ3n) is 4.13. The normalized spacial score (nSPS) is 23.2. The molecule has 1 aliphatic rings. The zero-order chi connectivity index (χ0) is 14.9. The lowest BCUT2D eigenvalue weighted by Gasteiger charge is -2.34. The van der Waals surface area contributed by atoms with Crippen LogP contribution in [0.1, 0.15) is 25.7 Å². The maximum atomic E-state index is 13.1. The van der Waals surface area contributed by atoms with Crippen molar-refractivity contribution in [2.24, 2.45) is 5.92 Å². The van der Waals surface area contributed by atoms with E-state index in [4.69, 9.17) is 0 Å². The van der Waals surface area contributed by atoms with Crippen LogP contribution < -0.4 is 5.32 Å². The van der Waals surface area contributed by atoms with E-state index < -0.39 is 18.1 Å². The number of anilines is 1. The van der Waals surface area contributed by atoms with Gasteiger partial charge in [0.05, 0.1) is 23.3 Å². The first kappa shape index (κ1) is 14.2. The Balaban J connectivity index is 1.82. The molecule has 1 heterocycles. The molecule has 1 saturated carbocycles. The number of fused-ring (bicyclic) bond motifs is 1. The molecule has 2 unspecified atom stereocenters. The fourth-order valence-electron chi connectivity index (χ4n) is 3.06. The van der Waals surface area contributed by atoms with Crippen LogP contribution in [0.15, 0.2) is 36.5 Å². The first-order valence-electron chi connectivity index (χ1n) is 7.22. The molecular weight excluding hydrogens is 277 g/mol. The molecule has 0 aliphatic heterocycles. The summed E-state index contributed by atoms with van der Waals surface area (Å²) in [6.07, 6.45) is -0.268. The second-order valence-corrected chi connectivity index (χ2v) is 5.60. The van der Waals surface area contributed by atoms with Crippen molar-refractivity contribution in [1.29, 1.82) is 0 Å². The molecule has 0 amide bonds. The van der Waals surface area contributed by atoms with E-state index in [-0.39, 0.29) is 6.42 Å². The number of hydrogen-bond donors (Lipinski definition) is 1. The fourth-order valence-corrected chi connectivity index (χ4v) is 3.06. The largest absolute Gasteiger partial charge is 0.393 e. The van der Waals surface area contributed by atoms with Crippen LogP contribution in [0.25, 0.3) is 10.9 Å². The van der Waals surface area contributed by atoms with Crippen molar-refractivity contribution >= 4 is 16.6 Å². The van der Waals surface area contributed by atoms with Crippen molar-refractivity contribution in [3.63, 3.8) is 0 Å². The average molecular weight is 294 g/mol. The van der Waals surface area contributed by atoms with Gasteiger partial charge in [0.2, 0.25) is 0 Å².